The summed E-state index contributed by atoms with van der Waals surface area (Å²) in [6, 6.07) is 5.78. The fourth-order valence-corrected chi connectivity index (χ4v) is 2.57. The van der Waals surface area contributed by atoms with Gasteiger partial charge in [0.2, 0.25) is 11.9 Å². The molecule has 2 amide bonds. The number of carbonyl (C=O) groups is 3. The predicted octanol–water partition coefficient (Wildman–Crippen LogP) is 1.04. The lowest BCUT2D eigenvalue weighted by molar-refractivity contribution is -0.139. The molecule has 9 heteroatoms. The van der Waals surface area contributed by atoms with E-state index in [1.165, 1.54) is 11.8 Å². The first-order valence-electron chi connectivity index (χ1n) is 7.23. The van der Waals surface area contributed by atoms with Crippen LogP contribution in [0, 0.1) is 0 Å². The minimum absolute atomic E-state index is 0.248. The van der Waals surface area contributed by atoms with E-state index in [2.05, 4.69) is 31.6 Å². The first kappa shape index (κ1) is 17.9. The third-order valence-electron chi connectivity index (χ3n) is 3.44. The lowest BCUT2D eigenvalue weighted by atomic mass is 10.2. The second kappa shape index (κ2) is 7.43. The number of anilines is 1. The number of carboxylic acid groups (broad SMARTS) is 1. The van der Waals surface area contributed by atoms with Gasteiger partial charge in [-0.15, -0.1) is 0 Å². The molecule has 2 atom stereocenters. The van der Waals surface area contributed by atoms with Crippen LogP contribution in [-0.4, -0.2) is 52.4 Å². The van der Waals surface area contributed by atoms with Crippen molar-refractivity contribution in [1.29, 1.82) is 0 Å². The van der Waals surface area contributed by atoms with Gasteiger partial charge in [-0.05, 0) is 41.9 Å². The minimum atomic E-state index is -1.16. The molecule has 1 aromatic carbocycles. The van der Waals surface area contributed by atoms with E-state index in [4.69, 9.17) is 5.11 Å². The number of carboxylic acids is 1. The van der Waals surface area contributed by atoms with Crippen molar-refractivity contribution in [2.75, 3.05) is 11.9 Å². The largest absolute Gasteiger partial charge is 0.480 e. The monoisotopic (exact) mass is 396 g/mol. The van der Waals surface area contributed by atoms with Crippen LogP contribution in [0.25, 0.3) is 0 Å². The Kier molecular flexibility index (Phi) is 5.55. The standard InChI is InChI=1S/C15H17BrN4O4/c1-8-14(24)20(9(2)13(23)17-7-12(21)22)15(18-8)19-11-6-4-3-5-10(11)16/h3-6,8-9H,7H2,1-2H3,(H,17,23)(H,18,19)(H,21,22)/t8-,9-/m0/s1. The maximum atomic E-state index is 12.3. The molecular weight excluding hydrogens is 380 g/mol. The van der Waals surface area contributed by atoms with E-state index >= 15 is 0 Å². The van der Waals surface area contributed by atoms with Gasteiger partial charge >= 0.3 is 5.97 Å². The zero-order chi connectivity index (χ0) is 17.9. The van der Waals surface area contributed by atoms with Crippen molar-refractivity contribution in [2.45, 2.75) is 25.9 Å². The molecule has 0 aromatic heterocycles. The summed E-state index contributed by atoms with van der Waals surface area (Å²) >= 11 is 3.40. The number of halogens is 1. The van der Waals surface area contributed by atoms with Gasteiger partial charge in [0.25, 0.3) is 5.91 Å². The third kappa shape index (κ3) is 3.91. The first-order chi connectivity index (χ1) is 11.3. The Labute approximate surface area is 147 Å². The lowest BCUT2D eigenvalue weighted by Gasteiger charge is -2.25. The molecule has 0 spiro atoms. The van der Waals surface area contributed by atoms with Gasteiger partial charge in [0.05, 0.1) is 5.69 Å². The van der Waals surface area contributed by atoms with Crippen molar-refractivity contribution in [2.24, 2.45) is 4.99 Å². The summed E-state index contributed by atoms with van der Waals surface area (Å²) in [7, 11) is 0. The Hall–Kier alpha value is -2.42. The molecule has 0 fully saturated rings. The highest BCUT2D eigenvalue weighted by Crippen LogP contribution is 2.24. The molecule has 2 rings (SSSR count). The number of amides is 2. The van der Waals surface area contributed by atoms with Crippen LogP contribution in [0.1, 0.15) is 13.8 Å². The smallest absolute Gasteiger partial charge is 0.322 e. The first-order valence-corrected chi connectivity index (χ1v) is 8.02. The van der Waals surface area contributed by atoms with Crippen LogP contribution >= 0.6 is 15.9 Å². The molecule has 3 N–H and O–H groups in total. The van der Waals surface area contributed by atoms with Crippen LogP contribution in [0.3, 0.4) is 0 Å². The van der Waals surface area contributed by atoms with Gasteiger partial charge in [-0.3, -0.25) is 19.3 Å². The zero-order valence-electron chi connectivity index (χ0n) is 13.1. The molecule has 8 nitrogen and oxygen atoms in total. The van der Waals surface area contributed by atoms with Crippen LogP contribution in [0.2, 0.25) is 0 Å². The molecular formula is C15H17BrN4O4. The van der Waals surface area contributed by atoms with E-state index in [9.17, 15) is 14.4 Å². The van der Waals surface area contributed by atoms with Gasteiger partial charge in [-0.2, -0.15) is 0 Å². The minimum Gasteiger partial charge on any atom is -0.480 e. The molecule has 0 radical (unpaired) electrons. The van der Waals surface area contributed by atoms with Gasteiger partial charge in [-0.1, -0.05) is 12.1 Å². The van der Waals surface area contributed by atoms with E-state index in [0.29, 0.717) is 5.69 Å². The molecule has 1 aromatic rings. The summed E-state index contributed by atoms with van der Waals surface area (Å²) in [5, 5.41) is 13.9. The second-order valence-corrected chi connectivity index (χ2v) is 6.08. The Morgan fingerprint density at radius 1 is 1.42 bits per heavy atom. The fraction of sp³-hybridized carbons (Fsp3) is 0.333. The highest BCUT2D eigenvalue weighted by Gasteiger charge is 2.38. The van der Waals surface area contributed by atoms with Crippen LogP contribution < -0.4 is 10.6 Å². The van der Waals surface area contributed by atoms with Crippen LogP contribution in [-0.2, 0) is 14.4 Å². The maximum Gasteiger partial charge on any atom is 0.322 e. The highest BCUT2D eigenvalue weighted by molar-refractivity contribution is 9.10. The van der Waals surface area contributed by atoms with Crippen molar-refractivity contribution < 1.29 is 19.5 Å². The number of nitrogens with zero attached hydrogens (tertiary/aromatic N) is 2. The third-order valence-corrected chi connectivity index (χ3v) is 4.13. The normalized spacial score (nSPS) is 18.1. The van der Waals surface area contributed by atoms with Crippen molar-refractivity contribution in [1.82, 2.24) is 10.2 Å². The summed E-state index contributed by atoms with van der Waals surface area (Å²) in [4.78, 5) is 40.5. The number of rotatable bonds is 5. The molecule has 1 aliphatic heterocycles. The SMILES string of the molecule is C[C@@H]1N=C(Nc2ccccc2Br)N([C@@H](C)C(=O)NCC(=O)O)C1=O. The molecule has 0 bridgehead atoms. The Morgan fingerprint density at radius 2 is 2.08 bits per heavy atom. The Bertz CT molecular complexity index is 706. The van der Waals surface area contributed by atoms with Crippen LogP contribution in [0.4, 0.5) is 5.69 Å². The number of guanidine groups is 1. The van der Waals surface area contributed by atoms with E-state index in [1.54, 1.807) is 13.0 Å². The number of hydrogen-bond acceptors (Lipinski definition) is 5. The topological polar surface area (TPSA) is 111 Å². The van der Waals surface area contributed by atoms with E-state index in [1.807, 2.05) is 18.2 Å². The number of aliphatic carboxylic acids is 1. The van der Waals surface area contributed by atoms with Crippen LogP contribution in [0.5, 0.6) is 0 Å². The summed E-state index contributed by atoms with van der Waals surface area (Å²) < 4.78 is 0.780. The molecule has 0 unspecified atom stereocenters. The van der Waals surface area contributed by atoms with E-state index < -0.39 is 30.5 Å². The second-order valence-electron chi connectivity index (χ2n) is 5.23. The number of nitrogens with one attached hydrogen (secondary N) is 2. The van der Waals surface area contributed by atoms with Gasteiger partial charge in [0.1, 0.15) is 18.6 Å². The Morgan fingerprint density at radius 3 is 2.71 bits per heavy atom. The summed E-state index contributed by atoms with van der Waals surface area (Å²) in [5.74, 6) is -1.81. The van der Waals surface area contributed by atoms with Crippen LogP contribution in [0.15, 0.2) is 33.7 Å². The predicted molar refractivity (Wildman–Crippen MR) is 91.6 cm³/mol. The lowest BCUT2D eigenvalue weighted by Crippen LogP contribution is -2.52. The number of aliphatic imine (C=N–C) groups is 1. The van der Waals surface area contributed by atoms with Crippen molar-refractivity contribution in [3.8, 4) is 0 Å². The molecule has 0 saturated carbocycles. The average molecular weight is 397 g/mol. The fourth-order valence-electron chi connectivity index (χ4n) is 2.18. The van der Waals surface area contributed by atoms with Crippen molar-refractivity contribution in [3.63, 3.8) is 0 Å². The maximum absolute atomic E-state index is 12.3. The number of benzene rings is 1. The van der Waals surface area contributed by atoms with Crippen molar-refractivity contribution in [3.05, 3.63) is 28.7 Å². The molecule has 1 aliphatic rings. The van der Waals surface area contributed by atoms with E-state index in [-0.39, 0.29) is 11.9 Å². The molecule has 1 heterocycles. The van der Waals surface area contributed by atoms with E-state index in [0.717, 1.165) is 4.47 Å². The summed E-state index contributed by atoms with van der Waals surface area (Å²) in [6.45, 7) is 2.64. The quantitative estimate of drug-likeness (QED) is 0.688. The molecule has 128 valence electrons. The number of para-hydroxylation sites is 1. The van der Waals surface area contributed by atoms with Gasteiger partial charge in [0.15, 0.2) is 0 Å². The number of carbonyl (C=O) groups excluding carboxylic acids is 2. The highest BCUT2D eigenvalue weighted by atomic mass is 79.9. The summed E-state index contributed by atoms with van der Waals surface area (Å²) in [6.07, 6.45) is 0. The van der Waals surface area contributed by atoms with Gasteiger partial charge in [0, 0.05) is 4.47 Å². The van der Waals surface area contributed by atoms with Gasteiger partial charge in [-0.25, -0.2) is 4.99 Å². The van der Waals surface area contributed by atoms with Crippen molar-refractivity contribution >= 4 is 45.4 Å². The molecule has 0 aliphatic carbocycles. The molecule has 0 saturated heterocycles. The zero-order valence-corrected chi connectivity index (χ0v) is 14.7. The Balaban J connectivity index is 2.18. The summed E-state index contributed by atoms with van der Waals surface area (Å²) in [5.41, 5.74) is 0.696. The number of hydrogen-bond donors (Lipinski definition) is 3. The average Bonchev–Trinajstić information content (AvgIpc) is 2.81. The van der Waals surface area contributed by atoms with Gasteiger partial charge < -0.3 is 15.7 Å². The molecule has 24 heavy (non-hydrogen) atoms.